The number of benzene rings is 1. The fraction of sp³-hybridized carbons (Fsp3) is 0.444. The van der Waals surface area contributed by atoms with E-state index in [-0.39, 0.29) is 5.12 Å². The van der Waals surface area contributed by atoms with Crippen LogP contribution in [0.1, 0.15) is 24.7 Å². The maximum absolute atomic E-state index is 12.5. The van der Waals surface area contributed by atoms with E-state index in [1.807, 2.05) is 0 Å². The number of carbonyl (C=O) groups excluding carboxylic acids is 4. The Hall–Kier alpha value is -1.75. The van der Waals surface area contributed by atoms with E-state index in [2.05, 4.69) is 15.9 Å². The van der Waals surface area contributed by atoms with E-state index in [9.17, 15) is 19.2 Å². The first-order chi connectivity index (χ1) is 13.4. The van der Waals surface area contributed by atoms with Crippen molar-refractivity contribution >= 4 is 50.6 Å². The topological polar surface area (TPSA) is 99.2 Å². The van der Waals surface area contributed by atoms with Crippen LogP contribution in [0.2, 0.25) is 0 Å². The predicted octanol–water partition coefficient (Wildman–Crippen LogP) is 1.77. The number of likely N-dealkylation sites (tertiary alicyclic amines) is 1. The fourth-order valence-electron chi connectivity index (χ4n) is 2.82. The van der Waals surface area contributed by atoms with Crippen LogP contribution < -0.4 is 0 Å². The Morgan fingerprint density at radius 2 is 2.00 bits per heavy atom. The van der Waals surface area contributed by atoms with Crippen molar-refractivity contribution in [2.75, 3.05) is 13.7 Å². The van der Waals surface area contributed by atoms with Crippen molar-refractivity contribution in [1.82, 2.24) is 4.90 Å². The van der Waals surface area contributed by atoms with Crippen LogP contribution in [0.5, 0.6) is 0 Å². The Kier molecular flexibility index (Phi) is 6.86. The van der Waals surface area contributed by atoms with Crippen molar-refractivity contribution in [3.05, 3.63) is 35.9 Å². The monoisotopic (exact) mass is 471 g/mol. The molecule has 0 radical (unpaired) electrons. The van der Waals surface area contributed by atoms with Gasteiger partial charge in [-0.05, 0) is 12.8 Å². The van der Waals surface area contributed by atoms with E-state index in [0.29, 0.717) is 18.6 Å². The summed E-state index contributed by atoms with van der Waals surface area (Å²) in [6, 6.07) is 8.59. The van der Waals surface area contributed by atoms with Gasteiger partial charge in [0.05, 0.1) is 0 Å². The zero-order valence-corrected chi connectivity index (χ0v) is 17.3. The number of imide groups is 1. The highest BCUT2D eigenvalue weighted by Gasteiger charge is 2.53. The van der Waals surface area contributed by atoms with Crippen molar-refractivity contribution in [1.29, 1.82) is 0 Å². The number of hydrogen-bond acceptors (Lipinski definition) is 8. The molecule has 3 rings (SSSR count). The first-order valence-corrected chi connectivity index (χ1v) is 10.4. The molecule has 1 unspecified atom stereocenters. The third kappa shape index (κ3) is 4.29. The van der Waals surface area contributed by atoms with Gasteiger partial charge in [-0.15, -0.1) is 0 Å². The molecule has 8 nitrogen and oxygen atoms in total. The van der Waals surface area contributed by atoms with Crippen LogP contribution in [0.3, 0.4) is 0 Å². The van der Waals surface area contributed by atoms with Gasteiger partial charge in [0.2, 0.25) is 17.3 Å². The molecule has 0 N–H and O–H groups in total. The number of nitrogens with zero attached hydrogens (tertiary/aromatic N) is 1. The number of thioether (sulfide) groups is 1. The lowest BCUT2D eigenvalue weighted by atomic mass is 10.2. The van der Waals surface area contributed by atoms with Gasteiger partial charge in [-0.1, -0.05) is 58.0 Å². The standard InChI is InChI=1S/C18H18BrNO7S/c1-25-18(10-6-3-2-4-7-10)27-16(23)14(22)20-13(21)12(19)15(20)28-17(24)11-8-5-9-26-11/h2-4,6-7,11-12,15,18H,5,8-9H2,1H3/t11-,12-,15+,18?/m0/s1. The van der Waals surface area contributed by atoms with E-state index in [4.69, 9.17) is 14.2 Å². The lowest BCUT2D eigenvalue weighted by Crippen LogP contribution is -2.64. The molecule has 2 heterocycles. The quantitative estimate of drug-likeness (QED) is 0.210. The molecule has 4 atom stereocenters. The Morgan fingerprint density at radius 1 is 1.29 bits per heavy atom. The van der Waals surface area contributed by atoms with Gasteiger partial charge < -0.3 is 14.2 Å². The summed E-state index contributed by atoms with van der Waals surface area (Å²) in [5, 5.41) is -1.10. The van der Waals surface area contributed by atoms with Gasteiger partial charge in [0.25, 0.3) is 0 Å². The first kappa shape index (κ1) is 21.0. The number of rotatable bonds is 5. The molecule has 2 aliphatic rings. The highest BCUT2D eigenvalue weighted by atomic mass is 79.9. The summed E-state index contributed by atoms with van der Waals surface area (Å²) in [5.74, 6) is -2.98. The molecule has 0 saturated carbocycles. The third-order valence-electron chi connectivity index (χ3n) is 4.30. The minimum absolute atomic E-state index is 0.273. The molecule has 28 heavy (non-hydrogen) atoms. The Bertz CT molecular complexity index is 768. The number of ether oxygens (including phenoxy) is 3. The summed E-state index contributed by atoms with van der Waals surface area (Å²) < 4.78 is 15.5. The molecule has 2 saturated heterocycles. The summed E-state index contributed by atoms with van der Waals surface area (Å²) in [6.07, 6.45) is -0.263. The molecular weight excluding hydrogens is 454 g/mol. The number of β-lactam (4-membered cyclic amide) rings is 1. The minimum Gasteiger partial charge on any atom is -0.424 e. The van der Waals surface area contributed by atoms with Crippen LogP contribution in [0.25, 0.3) is 0 Å². The highest BCUT2D eigenvalue weighted by molar-refractivity contribution is 9.10. The van der Waals surface area contributed by atoms with Crippen LogP contribution >= 0.6 is 27.7 Å². The lowest BCUT2D eigenvalue weighted by Gasteiger charge is -2.41. The largest absolute Gasteiger partial charge is 0.424 e. The summed E-state index contributed by atoms with van der Waals surface area (Å²) >= 11 is 3.96. The molecule has 150 valence electrons. The van der Waals surface area contributed by atoms with E-state index >= 15 is 0 Å². The second kappa shape index (κ2) is 9.17. The van der Waals surface area contributed by atoms with E-state index in [1.165, 1.54) is 7.11 Å². The maximum atomic E-state index is 12.5. The molecule has 2 amide bonds. The van der Waals surface area contributed by atoms with Gasteiger partial charge >= 0.3 is 11.9 Å². The van der Waals surface area contributed by atoms with E-state index < -0.39 is 40.4 Å². The molecule has 2 fully saturated rings. The van der Waals surface area contributed by atoms with Crippen LogP contribution in [-0.4, -0.2) is 57.8 Å². The van der Waals surface area contributed by atoms with Crippen molar-refractivity contribution in [2.45, 2.75) is 35.4 Å². The normalized spacial score (nSPS) is 25.1. The highest BCUT2D eigenvalue weighted by Crippen LogP contribution is 2.37. The van der Waals surface area contributed by atoms with Gasteiger partial charge in [-0.2, -0.15) is 0 Å². The molecule has 1 aromatic carbocycles. The lowest BCUT2D eigenvalue weighted by molar-refractivity contribution is -0.185. The number of methoxy groups -OCH3 is 1. The van der Waals surface area contributed by atoms with Crippen molar-refractivity contribution < 1.29 is 33.4 Å². The van der Waals surface area contributed by atoms with Crippen molar-refractivity contribution in [3.8, 4) is 0 Å². The van der Waals surface area contributed by atoms with E-state index in [0.717, 1.165) is 23.1 Å². The summed E-state index contributed by atoms with van der Waals surface area (Å²) in [4.78, 5) is 49.1. The summed E-state index contributed by atoms with van der Waals surface area (Å²) in [7, 11) is 1.33. The average molecular weight is 472 g/mol. The molecule has 0 aliphatic carbocycles. The van der Waals surface area contributed by atoms with E-state index in [1.54, 1.807) is 30.3 Å². The van der Waals surface area contributed by atoms with Crippen LogP contribution in [-0.2, 0) is 33.4 Å². The molecule has 0 aromatic heterocycles. The number of amides is 2. The van der Waals surface area contributed by atoms with Gasteiger partial charge in [0, 0.05) is 19.3 Å². The van der Waals surface area contributed by atoms with Gasteiger partial charge in [-0.25, -0.2) is 4.79 Å². The molecule has 0 spiro atoms. The first-order valence-electron chi connectivity index (χ1n) is 8.56. The molecule has 1 aromatic rings. The van der Waals surface area contributed by atoms with Gasteiger partial charge in [0.1, 0.15) is 16.3 Å². The fourth-order valence-corrected chi connectivity index (χ4v) is 4.72. The summed E-state index contributed by atoms with van der Waals surface area (Å²) in [5.41, 5.74) is 0.541. The van der Waals surface area contributed by atoms with Crippen LogP contribution in [0.15, 0.2) is 30.3 Å². The Labute approximate surface area is 174 Å². The predicted molar refractivity (Wildman–Crippen MR) is 102 cm³/mol. The van der Waals surface area contributed by atoms with Crippen molar-refractivity contribution in [3.63, 3.8) is 0 Å². The second-order valence-electron chi connectivity index (χ2n) is 6.13. The molecule has 0 bridgehead atoms. The van der Waals surface area contributed by atoms with Gasteiger partial charge in [-0.3, -0.25) is 19.3 Å². The number of halogens is 1. The Morgan fingerprint density at radius 3 is 2.61 bits per heavy atom. The maximum Gasteiger partial charge on any atom is 0.400 e. The smallest absolute Gasteiger partial charge is 0.400 e. The average Bonchev–Trinajstić information content (AvgIpc) is 3.26. The zero-order chi connectivity index (χ0) is 20.3. The Balaban J connectivity index is 1.64. The SMILES string of the molecule is COC(OC(=O)C(=O)N1C(=O)[C@H](Br)[C@H]1SC(=O)[C@@H]1CCCO1)c1ccccc1. The minimum atomic E-state index is -1.24. The van der Waals surface area contributed by atoms with Crippen LogP contribution in [0.4, 0.5) is 0 Å². The summed E-state index contributed by atoms with van der Waals surface area (Å²) in [6.45, 7) is 0.505. The number of hydrogen-bond donors (Lipinski definition) is 0. The second-order valence-corrected chi connectivity index (χ2v) is 8.24. The molecular formula is C18H18BrNO7S. The number of esters is 1. The van der Waals surface area contributed by atoms with Gasteiger partial charge in [0.15, 0.2) is 0 Å². The number of alkyl halides is 1. The number of carbonyl (C=O) groups is 4. The third-order valence-corrected chi connectivity index (χ3v) is 6.76. The molecule has 10 heteroatoms. The zero-order valence-electron chi connectivity index (χ0n) is 14.9. The van der Waals surface area contributed by atoms with Crippen LogP contribution in [0, 0.1) is 0 Å². The molecule has 2 aliphatic heterocycles. The van der Waals surface area contributed by atoms with Crippen molar-refractivity contribution in [2.24, 2.45) is 0 Å².